The summed E-state index contributed by atoms with van der Waals surface area (Å²) in [5.41, 5.74) is -0.293. The van der Waals surface area contributed by atoms with Gasteiger partial charge in [-0.25, -0.2) is 0 Å². The fourth-order valence-electron chi connectivity index (χ4n) is 2.23. The summed E-state index contributed by atoms with van der Waals surface area (Å²) >= 11 is 0. The zero-order valence-corrected chi connectivity index (χ0v) is 9.37. The second-order valence-corrected chi connectivity index (χ2v) is 5.00. The van der Waals surface area contributed by atoms with E-state index in [0.717, 1.165) is 12.8 Å². The van der Waals surface area contributed by atoms with Crippen molar-refractivity contribution < 1.29 is 4.79 Å². The van der Waals surface area contributed by atoms with Gasteiger partial charge in [0, 0.05) is 12.6 Å². The molecule has 0 N–H and O–H groups in total. The molecule has 0 bridgehead atoms. The van der Waals surface area contributed by atoms with Crippen LogP contribution in [0.15, 0.2) is 0 Å². The molecule has 3 atom stereocenters. The Labute approximate surface area is 81.3 Å². The minimum atomic E-state index is -0.293. The van der Waals surface area contributed by atoms with E-state index in [1.165, 1.54) is 0 Å². The summed E-state index contributed by atoms with van der Waals surface area (Å²) in [7, 11) is 0. The molecule has 0 aliphatic carbocycles. The highest BCUT2D eigenvalue weighted by Gasteiger charge is 2.40. The largest absolute Gasteiger partial charge is 0.301 e. The zero-order valence-electron chi connectivity index (χ0n) is 9.37. The summed E-state index contributed by atoms with van der Waals surface area (Å²) in [6.07, 6.45) is 1.06. The molecule has 1 heterocycles. The van der Waals surface area contributed by atoms with Crippen molar-refractivity contribution >= 4 is 6.29 Å². The average molecular weight is 183 g/mol. The average Bonchev–Trinajstić information content (AvgIpc) is 2.33. The highest BCUT2D eigenvalue weighted by Crippen LogP contribution is 2.33. The first-order valence-electron chi connectivity index (χ1n) is 5.13. The Bertz CT molecular complexity index is 200. The molecule has 2 nitrogen and oxygen atoms in total. The van der Waals surface area contributed by atoms with E-state index in [-0.39, 0.29) is 5.54 Å². The predicted molar refractivity (Wildman–Crippen MR) is 54.6 cm³/mol. The molecule has 1 saturated heterocycles. The standard InChI is InChI=1S/C11H21NO/c1-8-6-12(10(3)9(8)2)11(4,5)7-13/h7-10H,6H2,1-5H3. The topological polar surface area (TPSA) is 20.3 Å². The summed E-state index contributed by atoms with van der Waals surface area (Å²) in [5, 5.41) is 0. The van der Waals surface area contributed by atoms with Gasteiger partial charge in [-0.2, -0.15) is 0 Å². The van der Waals surface area contributed by atoms with Crippen LogP contribution in [0.3, 0.4) is 0 Å². The second-order valence-electron chi connectivity index (χ2n) is 5.00. The molecule has 0 radical (unpaired) electrons. The Morgan fingerprint density at radius 2 is 1.85 bits per heavy atom. The third-order valence-electron chi connectivity index (χ3n) is 3.66. The smallest absolute Gasteiger partial charge is 0.139 e. The number of rotatable bonds is 2. The maximum atomic E-state index is 10.9. The van der Waals surface area contributed by atoms with Gasteiger partial charge in [0.1, 0.15) is 6.29 Å². The molecule has 0 spiro atoms. The Balaban J connectivity index is 2.79. The summed E-state index contributed by atoms with van der Waals surface area (Å²) in [5.74, 6) is 1.40. The van der Waals surface area contributed by atoms with Crippen molar-refractivity contribution in [3.05, 3.63) is 0 Å². The quantitative estimate of drug-likeness (QED) is 0.610. The molecule has 1 aliphatic heterocycles. The Hall–Kier alpha value is -0.370. The minimum Gasteiger partial charge on any atom is -0.301 e. The van der Waals surface area contributed by atoms with E-state index in [1.807, 2.05) is 13.8 Å². The number of carbonyl (C=O) groups excluding carboxylic acids is 1. The van der Waals surface area contributed by atoms with Crippen LogP contribution < -0.4 is 0 Å². The fraction of sp³-hybridized carbons (Fsp3) is 0.909. The highest BCUT2D eigenvalue weighted by molar-refractivity contribution is 5.62. The molecule has 76 valence electrons. The number of nitrogens with zero attached hydrogens (tertiary/aromatic N) is 1. The van der Waals surface area contributed by atoms with E-state index >= 15 is 0 Å². The van der Waals surface area contributed by atoms with Crippen molar-refractivity contribution in [3.8, 4) is 0 Å². The van der Waals surface area contributed by atoms with Crippen LogP contribution in [0.2, 0.25) is 0 Å². The van der Waals surface area contributed by atoms with Gasteiger partial charge in [0.2, 0.25) is 0 Å². The summed E-state index contributed by atoms with van der Waals surface area (Å²) in [6, 6.07) is 0.523. The van der Waals surface area contributed by atoms with E-state index in [4.69, 9.17) is 0 Å². The third kappa shape index (κ3) is 1.78. The van der Waals surface area contributed by atoms with Gasteiger partial charge in [0.25, 0.3) is 0 Å². The maximum absolute atomic E-state index is 10.9. The lowest BCUT2D eigenvalue weighted by Gasteiger charge is -2.34. The molecule has 1 rings (SSSR count). The van der Waals surface area contributed by atoms with Crippen molar-refractivity contribution in [1.29, 1.82) is 0 Å². The Kier molecular flexibility index (Phi) is 2.81. The van der Waals surface area contributed by atoms with Gasteiger partial charge in [-0.3, -0.25) is 4.90 Å². The van der Waals surface area contributed by atoms with Crippen LogP contribution in [0.4, 0.5) is 0 Å². The molecule has 0 aromatic carbocycles. The molecule has 13 heavy (non-hydrogen) atoms. The number of aldehydes is 1. The molecule has 2 heteroatoms. The van der Waals surface area contributed by atoms with Crippen molar-refractivity contribution in [1.82, 2.24) is 4.90 Å². The first-order chi connectivity index (χ1) is 5.90. The molecule has 1 aliphatic rings. The number of carbonyl (C=O) groups is 1. The van der Waals surface area contributed by atoms with E-state index in [2.05, 4.69) is 25.7 Å². The second kappa shape index (κ2) is 3.41. The monoisotopic (exact) mass is 183 g/mol. The zero-order chi connectivity index (χ0) is 10.2. The van der Waals surface area contributed by atoms with Crippen molar-refractivity contribution in [2.45, 2.75) is 46.2 Å². The predicted octanol–water partition coefficient (Wildman–Crippen LogP) is 1.94. The molecular weight excluding hydrogens is 162 g/mol. The third-order valence-corrected chi connectivity index (χ3v) is 3.66. The van der Waals surface area contributed by atoms with E-state index < -0.39 is 0 Å². The van der Waals surface area contributed by atoms with Crippen LogP contribution in [-0.2, 0) is 4.79 Å². The molecule has 0 aromatic heterocycles. The van der Waals surface area contributed by atoms with Gasteiger partial charge < -0.3 is 4.79 Å². The first-order valence-corrected chi connectivity index (χ1v) is 5.13. The molecule has 3 unspecified atom stereocenters. The van der Waals surface area contributed by atoms with E-state index in [9.17, 15) is 4.79 Å². The maximum Gasteiger partial charge on any atom is 0.139 e. The Morgan fingerprint density at radius 1 is 1.31 bits per heavy atom. The molecule has 1 fully saturated rings. The van der Waals surface area contributed by atoms with Crippen molar-refractivity contribution in [2.24, 2.45) is 11.8 Å². The summed E-state index contributed by atoms with van der Waals surface area (Å²) in [6.45, 7) is 11.8. The van der Waals surface area contributed by atoms with Gasteiger partial charge in [-0.15, -0.1) is 0 Å². The van der Waals surface area contributed by atoms with Crippen molar-refractivity contribution in [3.63, 3.8) is 0 Å². The van der Waals surface area contributed by atoms with E-state index in [0.29, 0.717) is 17.9 Å². The van der Waals surface area contributed by atoms with Crippen molar-refractivity contribution in [2.75, 3.05) is 6.54 Å². The van der Waals surface area contributed by atoms with Gasteiger partial charge in [0.05, 0.1) is 5.54 Å². The van der Waals surface area contributed by atoms with Crippen LogP contribution in [0.1, 0.15) is 34.6 Å². The number of likely N-dealkylation sites (tertiary alicyclic amines) is 1. The lowest BCUT2D eigenvalue weighted by atomic mass is 9.95. The molecule has 0 aromatic rings. The lowest BCUT2D eigenvalue weighted by molar-refractivity contribution is -0.117. The number of hydrogen-bond donors (Lipinski definition) is 0. The normalized spacial score (nSPS) is 36.5. The SMILES string of the molecule is CC1CN(C(C)(C)C=O)C(C)C1C. The minimum absolute atomic E-state index is 0.293. The fourth-order valence-corrected chi connectivity index (χ4v) is 2.23. The lowest BCUT2D eigenvalue weighted by Crippen LogP contribution is -2.47. The van der Waals surface area contributed by atoms with E-state index in [1.54, 1.807) is 0 Å². The van der Waals surface area contributed by atoms with Crippen LogP contribution in [0.5, 0.6) is 0 Å². The Morgan fingerprint density at radius 3 is 2.15 bits per heavy atom. The van der Waals surface area contributed by atoms with Crippen LogP contribution in [0.25, 0.3) is 0 Å². The van der Waals surface area contributed by atoms with Gasteiger partial charge in [-0.1, -0.05) is 13.8 Å². The molecule has 0 amide bonds. The van der Waals surface area contributed by atoms with Gasteiger partial charge >= 0.3 is 0 Å². The highest BCUT2D eigenvalue weighted by atomic mass is 16.1. The number of hydrogen-bond acceptors (Lipinski definition) is 2. The van der Waals surface area contributed by atoms with Crippen LogP contribution in [-0.4, -0.2) is 29.3 Å². The first kappa shape index (κ1) is 10.7. The molecular formula is C11H21NO. The molecule has 0 saturated carbocycles. The van der Waals surface area contributed by atoms with Gasteiger partial charge in [-0.05, 0) is 32.6 Å². The van der Waals surface area contributed by atoms with Crippen LogP contribution in [0, 0.1) is 11.8 Å². The van der Waals surface area contributed by atoms with Gasteiger partial charge in [0.15, 0.2) is 0 Å². The summed E-state index contributed by atoms with van der Waals surface area (Å²) < 4.78 is 0. The van der Waals surface area contributed by atoms with Crippen LogP contribution >= 0.6 is 0 Å². The summed E-state index contributed by atoms with van der Waals surface area (Å²) in [4.78, 5) is 13.2.